The van der Waals surface area contributed by atoms with Crippen molar-refractivity contribution in [1.29, 1.82) is 0 Å². The van der Waals surface area contributed by atoms with Crippen LogP contribution in [0.3, 0.4) is 0 Å². The molecule has 0 bridgehead atoms. The second-order valence-corrected chi connectivity index (χ2v) is 6.75. The predicted octanol–water partition coefficient (Wildman–Crippen LogP) is 2.88. The number of nitrogens with one attached hydrogen (secondary N) is 1. The first kappa shape index (κ1) is 18.7. The van der Waals surface area contributed by atoms with E-state index in [0.29, 0.717) is 6.04 Å². The summed E-state index contributed by atoms with van der Waals surface area (Å²) in [6, 6.07) is 6.78. The molecule has 0 radical (unpaired) electrons. The summed E-state index contributed by atoms with van der Waals surface area (Å²) >= 11 is 0. The zero-order valence-electron chi connectivity index (χ0n) is 16.1. The summed E-state index contributed by atoms with van der Waals surface area (Å²) in [5.74, 6) is 2.52. The Balaban J connectivity index is 1.68. The summed E-state index contributed by atoms with van der Waals surface area (Å²) in [5.41, 5.74) is 1.23. The predicted molar refractivity (Wildman–Crippen MR) is 101 cm³/mol. The van der Waals surface area contributed by atoms with Crippen LogP contribution in [-0.4, -0.2) is 42.5 Å². The van der Waals surface area contributed by atoms with Gasteiger partial charge < -0.3 is 24.1 Å². The first-order valence-corrected chi connectivity index (χ1v) is 9.22. The quantitative estimate of drug-likeness (QED) is 0.785. The maximum atomic E-state index is 5.97. The van der Waals surface area contributed by atoms with Gasteiger partial charge in [0.05, 0.1) is 14.2 Å². The number of aromatic nitrogens is 2. The van der Waals surface area contributed by atoms with Gasteiger partial charge in [-0.3, -0.25) is 0 Å². The molecule has 0 saturated carbocycles. The SMILES string of the molecule is CC[C@H](Cc1ccc(OC)c(OC)c1)N[C@H]1CCO[C@@H]1c1nccn1C. The van der Waals surface area contributed by atoms with Crippen LogP contribution < -0.4 is 14.8 Å². The van der Waals surface area contributed by atoms with Gasteiger partial charge in [-0.25, -0.2) is 4.98 Å². The molecule has 3 rings (SSSR count). The highest BCUT2D eigenvalue weighted by Gasteiger charge is 2.33. The van der Waals surface area contributed by atoms with Crippen LogP contribution in [0.1, 0.15) is 37.3 Å². The molecule has 6 heteroatoms. The fraction of sp³-hybridized carbons (Fsp3) is 0.550. The fourth-order valence-corrected chi connectivity index (χ4v) is 3.58. The van der Waals surface area contributed by atoms with Gasteiger partial charge in [0, 0.05) is 38.1 Å². The molecule has 1 aromatic carbocycles. The number of rotatable bonds is 8. The molecule has 1 fully saturated rings. The lowest BCUT2D eigenvalue weighted by Crippen LogP contribution is -2.41. The van der Waals surface area contributed by atoms with Crippen LogP contribution in [0, 0.1) is 0 Å². The van der Waals surface area contributed by atoms with Crippen LogP contribution in [0.15, 0.2) is 30.6 Å². The number of nitrogens with zero attached hydrogens (tertiary/aromatic N) is 2. The topological polar surface area (TPSA) is 57.5 Å². The minimum atomic E-state index is 0.00875. The molecule has 1 aliphatic heterocycles. The average molecular weight is 359 g/mol. The molecular weight excluding hydrogens is 330 g/mol. The van der Waals surface area contributed by atoms with Crippen molar-refractivity contribution in [2.24, 2.45) is 7.05 Å². The third kappa shape index (κ3) is 4.02. The van der Waals surface area contributed by atoms with Crippen LogP contribution in [0.4, 0.5) is 0 Å². The first-order chi connectivity index (χ1) is 12.7. The second-order valence-electron chi connectivity index (χ2n) is 6.75. The van der Waals surface area contributed by atoms with E-state index < -0.39 is 0 Å². The monoisotopic (exact) mass is 359 g/mol. The molecule has 0 unspecified atom stereocenters. The smallest absolute Gasteiger partial charge is 0.160 e. The van der Waals surface area contributed by atoms with E-state index in [4.69, 9.17) is 14.2 Å². The molecule has 0 aliphatic carbocycles. The molecule has 1 saturated heterocycles. The Labute approximate surface area is 155 Å². The van der Waals surface area contributed by atoms with Crippen molar-refractivity contribution >= 4 is 0 Å². The largest absolute Gasteiger partial charge is 0.493 e. The van der Waals surface area contributed by atoms with E-state index in [1.807, 2.05) is 30.1 Å². The van der Waals surface area contributed by atoms with E-state index in [-0.39, 0.29) is 12.1 Å². The van der Waals surface area contributed by atoms with Crippen molar-refractivity contribution < 1.29 is 14.2 Å². The maximum absolute atomic E-state index is 5.97. The Kier molecular flexibility index (Phi) is 6.16. The number of methoxy groups -OCH3 is 2. The number of benzene rings is 1. The molecule has 2 aromatic rings. The second kappa shape index (κ2) is 8.56. The van der Waals surface area contributed by atoms with Gasteiger partial charge in [0.1, 0.15) is 11.9 Å². The summed E-state index contributed by atoms with van der Waals surface area (Å²) in [4.78, 5) is 4.47. The van der Waals surface area contributed by atoms with Gasteiger partial charge in [-0.1, -0.05) is 13.0 Å². The molecule has 142 valence electrons. The lowest BCUT2D eigenvalue weighted by atomic mass is 10.0. The minimum Gasteiger partial charge on any atom is -0.493 e. The van der Waals surface area contributed by atoms with Gasteiger partial charge in [-0.15, -0.1) is 0 Å². The highest BCUT2D eigenvalue weighted by atomic mass is 16.5. The van der Waals surface area contributed by atoms with Crippen molar-refractivity contribution in [3.05, 3.63) is 42.0 Å². The molecular formula is C20H29N3O3. The van der Waals surface area contributed by atoms with Gasteiger partial charge in [0.25, 0.3) is 0 Å². The molecule has 1 aliphatic rings. The van der Waals surface area contributed by atoms with Crippen molar-refractivity contribution in [2.45, 2.75) is 44.4 Å². The van der Waals surface area contributed by atoms with Crippen molar-refractivity contribution in [3.8, 4) is 11.5 Å². The molecule has 3 atom stereocenters. The Hall–Kier alpha value is -2.05. The highest BCUT2D eigenvalue weighted by molar-refractivity contribution is 5.43. The van der Waals surface area contributed by atoms with Gasteiger partial charge in [0.2, 0.25) is 0 Å². The normalized spacial score (nSPS) is 20.9. The fourth-order valence-electron chi connectivity index (χ4n) is 3.58. The van der Waals surface area contributed by atoms with Crippen LogP contribution in [-0.2, 0) is 18.2 Å². The Bertz CT molecular complexity index is 716. The molecule has 6 nitrogen and oxygen atoms in total. The van der Waals surface area contributed by atoms with Crippen LogP contribution in [0.25, 0.3) is 0 Å². The zero-order chi connectivity index (χ0) is 18.5. The van der Waals surface area contributed by atoms with Crippen LogP contribution in [0.5, 0.6) is 11.5 Å². The Morgan fingerprint density at radius 3 is 2.77 bits per heavy atom. The summed E-state index contributed by atoms with van der Waals surface area (Å²) in [6.07, 6.45) is 6.78. The molecule has 1 N–H and O–H groups in total. The van der Waals surface area contributed by atoms with Crippen molar-refractivity contribution in [3.63, 3.8) is 0 Å². The van der Waals surface area contributed by atoms with Gasteiger partial charge in [-0.05, 0) is 37.0 Å². The minimum absolute atomic E-state index is 0.00875. The van der Waals surface area contributed by atoms with Crippen molar-refractivity contribution in [1.82, 2.24) is 14.9 Å². The third-order valence-corrected chi connectivity index (χ3v) is 5.08. The number of aryl methyl sites for hydroxylation is 1. The highest BCUT2D eigenvalue weighted by Crippen LogP contribution is 2.30. The van der Waals surface area contributed by atoms with Gasteiger partial charge in [0.15, 0.2) is 11.5 Å². The molecule has 26 heavy (non-hydrogen) atoms. The standard InChI is InChI=1S/C20H29N3O3/c1-5-15(12-14-6-7-17(24-3)18(13-14)25-4)22-16-8-11-26-19(16)20-21-9-10-23(20)2/h6-7,9-10,13,15-16,19,22H,5,8,11-12H2,1-4H3/t15-,16+,19+/m1/s1. The summed E-state index contributed by atoms with van der Waals surface area (Å²) in [7, 11) is 5.35. The zero-order valence-corrected chi connectivity index (χ0v) is 16.1. The van der Waals surface area contributed by atoms with Gasteiger partial charge >= 0.3 is 0 Å². The van der Waals surface area contributed by atoms with E-state index in [9.17, 15) is 0 Å². The number of ether oxygens (including phenoxy) is 3. The van der Waals surface area contributed by atoms with E-state index in [1.54, 1.807) is 14.2 Å². The number of hydrogen-bond donors (Lipinski definition) is 1. The first-order valence-electron chi connectivity index (χ1n) is 9.22. The molecule has 1 aromatic heterocycles. The number of hydrogen-bond acceptors (Lipinski definition) is 5. The van der Waals surface area contributed by atoms with E-state index >= 15 is 0 Å². The van der Waals surface area contributed by atoms with E-state index in [0.717, 1.165) is 43.2 Å². The summed E-state index contributed by atoms with van der Waals surface area (Å²) in [5, 5.41) is 3.80. The summed E-state index contributed by atoms with van der Waals surface area (Å²) in [6.45, 7) is 2.98. The third-order valence-electron chi connectivity index (χ3n) is 5.08. The summed E-state index contributed by atoms with van der Waals surface area (Å²) < 4.78 is 18.8. The molecule has 0 spiro atoms. The van der Waals surface area contributed by atoms with Crippen molar-refractivity contribution in [2.75, 3.05) is 20.8 Å². The maximum Gasteiger partial charge on any atom is 0.160 e. The Morgan fingerprint density at radius 1 is 1.31 bits per heavy atom. The average Bonchev–Trinajstić information content (AvgIpc) is 3.29. The van der Waals surface area contributed by atoms with E-state index in [2.05, 4.69) is 29.4 Å². The lowest BCUT2D eigenvalue weighted by Gasteiger charge is -2.25. The van der Waals surface area contributed by atoms with Crippen LogP contribution >= 0.6 is 0 Å². The number of imidazole rings is 1. The van der Waals surface area contributed by atoms with E-state index in [1.165, 1.54) is 5.56 Å². The lowest BCUT2D eigenvalue weighted by molar-refractivity contribution is 0.0870. The molecule has 2 heterocycles. The van der Waals surface area contributed by atoms with Crippen LogP contribution in [0.2, 0.25) is 0 Å². The Morgan fingerprint density at radius 2 is 2.12 bits per heavy atom. The molecule has 0 amide bonds. The van der Waals surface area contributed by atoms with Gasteiger partial charge in [-0.2, -0.15) is 0 Å².